The number of benzene rings is 1. The summed E-state index contributed by atoms with van der Waals surface area (Å²) in [7, 11) is 0. The molecule has 1 aliphatic rings. The Labute approximate surface area is 118 Å². The van der Waals surface area contributed by atoms with E-state index in [4.69, 9.17) is 0 Å². The van der Waals surface area contributed by atoms with E-state index in [1.54, 1.807) is 12.5 Å². The summed E-state index contributed by atoms with van der Waals surface area (Å²) in [6.07, 6.45) is 3.26. The molecule has 3 aromatic heterocycles. The average molecular weight is 275 g/mol. The van der Waals surface area contributed by atoms with Gasteiger partial charge in [-0.2, -0.15) is 0 Å². The van der Waals surface area contributed by atoms with E-state index in [9.17, 15) is 9.59 Å². The molecule has 3 heterocycles. The monoisotopic (exact) mass is 275 g/mol. The Morgan fingerprint density at radius 1 is 1.10 bits per heavy atom. The Morgan fingerprint density at radius 3 is 2.81 bits per heavy atom. The Hall–Kier alpha value is -2.95. The Balaban J connectivity index is 2.20. The molecule has 1 aliphatic carbocycles. The Kier molecular flexibility index (Phi) is 1.74. The van der Waals surface area contributed by atoms with Crippen LogP contribution in [0, 0.1) is 0 Å². The van der Waals surface area contributed by atoms with Gasteiger partial charge in [0.2, 0.25) is 0 Å². The first-order valence-corrected chi connectivity index (χ1v) is 6.70. The highest BCUT2D eigenvalue weighted by molar-refractivity contribution is 6.33. The molecule has 100 valence electrons. The number of ketones is 2. The zero-order chi connectivity index (χ0) is 14.1. The predicted octanol–water partition coefficient (Wildman–Crippen LogP) is 2.74. The SMILES string of the molecule is O=C1CC(=O)c2c1c1c3ccccc3[nH]c1n1cncc21. The van der Waals surface area contributed by atoms with Crippen molar-refractivity contribution in [3.05, 3.63) is 47.9 Å². The van der Waals surface area contributed by atoms with Crippen LogP contribution in [-0.4, -0.2) is 25.9 Å². The van der Waals surface area contributed by atoms with Gasteiger partial charge >= 0.3 is 0 Å². The van der Waals surface area contributed by atoms with Crippen molar-refractivity contribution in [2.45, 2.75) is 6.42 Å². The second kappa shape index (κ2) is 3.38. The van der Waals surface area contributed by atoms with Crippen molar-refractivity contribution in [1.82, 2.24) is 14.4 Å². The van der Waals surface area contributed by atoms with Gasteiger partial charge in [0.05, 0.1) is 23.7 Å². The fourth-order valence-corrected chi connectivity index (χ4v) is 3.36. The summed E-state index contributed by atoms with van der Waals surface area (Å²) in [5.74, 6) is -0.221. The minimum absolute atomic E-state index is 0.0468. The molecule has 1 aromatic carbocycles. The van der Waals surface area contributed by atoms with Gasteiger partial charge in [-0.3, -0.25) is 14.0 Å². The highest BCUT2D eigenvalue weighted by Gasteiger charge is 2.33. The van der Waals surface area contributed by atoms with Gasteiger partial charge in [-0.25, -0.2) is 4.98 Å². The second-order valence-electron chi connectivity index (χ2n) is 5.32. The molecule has 4 aromatic rings. The van der Waals surface area contributed by atoms with E-state index >= 15 is 0 Å². The molecule has 5 heteroatoms. The van der Waals surface area contributed by atoms with Crippen LogP contribution < -0.4 is 0 Å². The number of Topliss-reactive ketones (excluding diaryl/α,β-unsaturated/α-hetero) is 2. The van der Waals surface area contributed by atoms with Crippen LogP contribution >= 0.6 is 0 Å². The van der Waals surface area contributed by atoms with Crippen LogP contribution in [0.2, 0.25) is 0 Å². The lowest BCUT2D eigenvalue weighted by molar-refractivity contribution is 0.0924. The van der Waals surface area contributed by atoms with E-state index in [0.29, 0.717) is 16.6 Å². The molecule has 0 saturated heterocycles. The van der Waals surface area contributed by atoms with E-state index < -0.39 is 0 Å². The van der Waals surface area contributed by atoms with Crippen molar-refractivity contribution < 1.29 is 9.59 Å². The number of nitrogens with zero attached hydrogens (tertiary/aromatic N) is 2. The van der Waals surface area contributed by atoms with Gasteiger partial charge in [0.15, 0.2) is 11.6 Å². The minimum atomic E-state index is -0.118. The number of carbonyl (C=O) groups is 2. The number of imidazole rings is 1. The number of aromatic nitrogens is 3. The van der Waals surface area contributed by atoms with Crippen LogP contribution in [0.3, 0.4) is 0 Å². The van der Waals surface area contributed by atoms with E-state index in [-0.39, 0.29) is 18.0 Å². The maximum Gasteiger partial charge on any atom is 0.173 e. The van der Waals surface area contributed by atoms with Crippen LogP contribution in [0.4, 0.5) is 0 Å². The minimum Gasteiger partial charge on any atom is -0.340 e. The molecule has 0 spiro atoms. The van der Waals surface area contributed by atoms with Gasteiger partial charge in [-0.05, 0) is 6.07 Å². The number of H-pyrrole nitrogens is 1. The molecule has 0 atom stereocenters. The van der Waals surface area contributed by atoms with Gasteiger partial charge in [0.1, 0.15) is 12.0 Å². The fraction of sp³-hybridized carbons (Fsp3) is 0.0625. The highest BCUT2D eigenvalue weighted by atomic mass is 16.2. The van der Waals surface area contributed by atoms with E-state index in [1.807, 2.05) is 28.7 Å². The third-order valence-electron chi connectivity index (χ3n) is 4.20. The molecule has 0 bridgehead atoms. The molecule has 5 nitrogen and oxygen atoms in total. The van der Waals surface area contributed by atoms with Crippen molar-refractivity contribution in [3.63, 3.8) is 0 Å². The molecule has 1 N–H and O–H groups in total. The number of hydrogen-bond acceptors (Lipinski definition) is 3. The van der Waals surface area contributed by atoms with Crippen LogP contribution in [-0.2, 0) is 0 Å². The second-order valence-corrected chi connectivity index (χ2v) is 5.32. The lowest BCUT2D eigenvalue weighted by Gasteiger charge is -2.04. The lowest BCUT2D eigenvalue weighted by atomic mass is 10.0. The number of carbonyl (C=O) groups excluding carboxylic acids is 2. The summed E-state index contributed by atoms with van der Waals surface area (Å²) in [6, 6.07) is 7.80. The third kappa shape index (κ3) is 1.15. The number of aromatic amines is 1. The quantitative estimate of drug-likeness (QED) is 0.502. The normalized spacial score (nSPS) is 14.7. The Morgan fingerprint density at radius 2 is 1.90 bits per heavy atom. The average Bonchev–Trinajstić information content (AvgIpc) is 3.14. The van der Waals surface area contributed by atoms with Crippen molar-refractivity contribution >= 4 is 39.0 Å². The van der Waals surface area contributed by atoms with Crippen molar-refractivity contribution in [2.75, 3.05) is 0 Å². The number of nitrogens with one attached hydrogen (secondary N) is 1. The molecule has 0 radical (unpaired) electrons. The maximum atomic E-state index is 12.3. The van der Waals surface area contributed by atoms with Gasteiger partial charge in [0.25, 0.3) is 0 Å². The number of pyridine rings is 1. The van der Waals surface area contributed by atoms with Crippen LogP contribution in [0.5, 0.6) is 0 Å². The lowest BCUT2D eigenvalue weighted by Crippen LogP contribution is -1.98. The molecule has 0 fully saturated rings. The summed E-state index contributed by atoms with van der Waals surface area (Å²) in [5, 5.41) is 1.78. The largest absolute Gasteiger partial charge is 0.340 e. The standard InChI is InChI=1S/C16H9N3O2/c20-11-5-12(21)15-13-8-3-1-2-4-9(8)18-16(13)19-7-17-6-10(19)14(11)15/h1-4,6-7,18H,5H2. The molecule has 0 saturated carbocycles. The third-order valence-corrected chi connectivity index (χ3v) is 4.20. The summed E-state index contributed by atoms with van der Waals surface area (Å²) < 4.78 is 1.85. The highest BCUT2D eigenvalue weighted by Crippen LogP contribution is 2.37. The number of fused-ring (bicyclic) bond motifs is 8. The summed E-state index contributed by atoms with van der Waals surface area (Å²) >= 11 is 0. The zero-order valence-corrected chi connectivity index (χ0v) is 10.9. The molecule has 0 aliphatic heterocycles. The van der Waals surface area contributed by atoms with Crippen LogP contribution in [0.15, 0.2) is 36.8 Å². The van der Waals surface area contributed by atoms with Gasteiger partial charge < -0.3 is 4.98 Å². The van der Waals surface area contributed by atoms with Crippen molar-refractivity contribution in [1.29, 1.82) is 0 Å². The first-order valence-electron chi connectivity index (χ1n) is 6.70. The first-order chi connectivity index (χ1) is 10.3. The van der Waals surface area contributed by atoms with Crippen molar-refractivity contribution in [2.24, 2.45) is 0 Å². The maximum absolute atomic E-state index is 12.3. The summed E-state index contributed by atoms with van der Waals surface area (Å²) in [4.78, 5) is 32.0. The smallest absolute Gasteiger partial charge is 0.173 e. The summed E-state index contributed by atoms with van der Waals surface area (Å²) in [6.45, 7) is 0. The fourth-order valence-electron chi connectivity index (χ4n) is 3.36. The molecule has 5 rings (SSSR count). The number of rotatable bonds is 0. The molecular formula is C16H9N3O2. The summed E-state index contributed by atoms with van der Waals surface area (Å²) in [5.41, 5.74) is 3.50. The van der Waals surface area contributed by atoms with E-state index in [2.05, 4.69) is 9.97 Å². The Bertz CT molecular complexity index is 1100. The molecular weight excluding hydrogens is 266 g/mol. The van der Waals surface area contributed by atoms with Crippen LogP contribution in [0.25, 0.3) is 27.5 Å². The van der Waals surface area contributed by atoms with Crippen molar-refractivity contribution in [3.8, 4) is 0 Å². The first kappa shape index (κ1) is 10.8. The molecule has 0 unspecified atom stereocenters. The number of para-hydroxylation sites is 1. The van der Waals surface area contributed by atoms with Crippen LogP contribution in [0.1, 0.15) is 27.1 Å². The van der Waals surface area contributed by atoms with Gasteiger partial charge in [-0.15, -0.1) is 0 Å². The number of hydrogen-bond donors (Lipinski definition) is 1. The van der Waals surface area contributed by atoms with E-state index in [1.165, 1.54) is 0 Å². The van der Waals surface area contributed by atoms with Gasteiger partial charge in [-0.1, -0.05) is 18.2 Å². The topological polar surface area (TPSA) is 67.2 Å². The molecule has 0 amide bonds. The zero-order valence-electron chi connectivity index (χ0n) is 10.9. The van der Waals surface area contributed by atoms with E-state index in [0.717, 1.165) is 21.9 Å². The predicted molar refractivity (Wildman–Crippen MR) is 77.8 cm³/mol. The molecule has 21 heavy (non-hydrogen) atoms. The van der Waals surface area contributed by atoms with Gasteiger partial charge in [0, 0.05) is 21.9 Å².